The van der Waals surface area contributed by atoms with Crippen molar-refractivity contribution in [2.75, 3.05) is 26.2 Å². The number of hydrogen-bond acceptors (Lipinski definition) is 2. The predicted molar refractivity (Wildman–Crippen MR) is 126 cm³/mol. The Kier molecular flexibility index (Phi) is 6.77. The van der Waals surface area contributed by atoms with E-state index in [0.29, 0.717) is 0 Å². The first-order chi connectivity index (χ1) is 14.7. The van der Waals surface area contributed by atoms with E-state index in [0.717, 1.165) is 36.2 Å². The third kappa shape index (κ3) is 5.07. The van der Waals surface area contributed by atoms with E-state index in [1.165, 1.54) is 11.1 Å². The number of halogens is 1. The van der Waals surface area contributed by atoms with Crippen molar-refractivity contribution in [1.82, 2.24) is 9.80 Å². The minimum absolute atomic E-state index is 0.0774. The van der Waals surface area contributed by atoms with Crippen LogP contribution < -0.4 is 0 Å². The van der Waals surface area contributed by atoms with Gasteiger partial charge in [0.1, 0.15) is 0 Å². The Hall–Kier alpha value is -2.69. The Morgan fingerprint density at radius 2 is 1.30 bits per heavy atom. The summed E-state index contributed by atoms with van der Waals surface area (Å²) in [6.45, 7) is 3.18. The Balaban J connectivity index is 1.43. The number of carbonyl (C=O) groups excluding carboxylic acids is 1. The van der Waals surface area contributed by atoms with Gasteiger partial charge in [-0.1, -0.05) is 88.7 Å². The molecule has 30 heavy (non-hydrogen) atoms. The van der Waals surface area contributed by atoms with Crippen LogP contribution in [0, 0.1) is 0 Å². The summed E-state index contributed by atoms with van der Waals surface area (Å²) in [7, 11) is 0. The van der Waals surface area contributed by atoms with Gasteiger partial charge in [0.05, 0.1) is 6.04 Å². The summed E-state index contributed by atoms with van der Waals surface area (Å²) < 4.78 is 1.04. The van der Waals surface area contributed by atoms with Crippen LogP contribution in [0.1, 0.15) is 22.7 Å². The second kappa shape index (κ2) is 9.88. The third-order valence-corrected chi connectivity index (χ3v) is 6.04. The van der Waals surface area contributed by atoms with Crippen molar-refractivity contribution in [2.24, 2.45) is 0 Å². The lowest BCUT2D eigenvalue weighted by atomic mass is 9.96. The molecular formula is C26H25BrN2O. The van der Waals surface area contributed by atoms with Crippen LogP contribution in [0.5, 0.6) is 0 Å². The molecule has 1 fully saturated rings. The summed E-state index contributed by atoms with van der Waals surface area (Å²) in [4.78, 5) is 17.1. The van der Waals surface area contributed by atoms with E-state index in [4.69, 9.17) is 0 Å². The zero-order valence-electron chi connectivity index (χ0n) is 16.8. The minimum atomic E-state index is 0.0774. The molecular weight excluding hydrogens is 436 g/mol. The van der Waals surface area contributed by atoms with E-state index in [1.807, 2.05) is 35.2 Å². The average Bonchev–Trinajstić information content (AvgIpc) is 2.81. The Bertz CT molecular complexity index is 939. The highest BCUT2D eigenvalue weighted by Gasteiger charge is 2.27. The number of nitrogens with zero attached hydrogens (tertiary/aromatic N) is 2. The van der Waals surface area contributed by atoms with Crippen LogP contribution in [0.2, 0.25) is 0 Å². The first-order valence-electron chi connectivity index (χ1n) is 10.3. The van der Waals surface area contributed by atoms with Gasteiger partial charge < -0.3 is 4.90 Å². The van der Waals surface area contributed by atoms with Gasteiger partial charge in [-0.05, 0) is 34.9 Å². The molecule has 0 saturated carbocycles. The Morgan fingerprint density at radius 1 is 0.767 bits per heavy atom. The van der Waals surface area contributed by atoms with Gasteiger partial charge in [0.25, 0.3) is 0 Å². The van der Waals surface area contributed by atoms with Gasteiger partial charge in [0.15, 0.2) is 0 Å². The molecule has 3 nitrogen and oxygen atoms in total. The van der Waals surface area contributed by atoms with Crippen molar-refractivity contribution < 1.29 is 4.79 Å². The highest BCUT2D eigenvalue weighted by Crippen LogP contribution is 2.29. The molecule has 3 aromatic carbocycles. The minimum Gasteiger partial charge on any atom is -0.337 e. The molecule has 4 rings (SSSR count). The first-order valence-corrected chi connectivity index (χ1v) is 11.1. The van der Waals surface area contributed by atoms with Crippen LogP contribution in [-0.2, 0) is 4.79 Å². The molecule has 1 aliphatic rings. The molecule has 0 spiro atoms. The predicted octanol–water partition coefficient (Wildman–Crippen LogP) is 5.40. The van der Waals surface area contributed by atoms with Crippen molar-refractivity contribution in [1.29, 1.82) is 0 Å². The maximum absolute atomic E-state index is 12.7. The van der Waals surface area contributed by atoms with E-state index < -0.39 is 0 Å². The monoisotopic (exact) mass is 460 g/mol. The summed E-state index contributed by atoms with van der Waals surface area (Å²) in [5.41, 5.74) is 3.61. The smallest absolute Gasteiger partial charge is 0.246 e. The number of benzene rings is 3. The van der Waals surface area contributed by atoms with Crippen molar-refractivity contribution in [3.8, 4) is 0 Å². The van der Waals surface area contributed by atoms with Crippen molar-refractivity contribution in [3.05, 3.63) is 112 Å². The SMILES string of the molecule is O=C(/C=C\c1ccc(Br)cc1)N1CCN(C(c2ccccc2)c2ccccc2)CC1. The maximum atomic E-state index is 12.7. The second-order valence-electron chi connectivity index (χ2n) is 7.47. The summed E-state index contributed by atoms with van der Waals surface area (Å²) in [5.74, 6) is 0.0774. The fraction of sp³-hybridized carbons (Fsp3) is 0.192. The summed E-state index contributed by atoms with van der Waals surface area (Å²) in [5, 5.41) is 0. The fourth-order valence-electron chi connectivity index (χ4n) is 3.93. The van der Waals surface area contributed by atoms with Crippen LogP contribution >= 0.6 is 15.9 Å². The Morgan fingerprint density at radius 3 is 1.83 bits per heavy atom. The van der Waals surface area contributed by atoms with Gasteiger partial charge in [0, 0.05) is 36.7 Å². The number of hydrogen-bond donors (Lipinski definition) is 0. The van der Waals surface area contributed by atoms with E-state index in [1.54, 1.807) is 6.08 Å². The summed E-state index contributed by atoms with van der Waals surface area (Å²) in [6.07, 6.45) is 3.57. The summed E-state index contributed by atoms with van der Waals surface area (Å²) in [6, 6.07) is 29.4. The molecule has 1 saturated heterocycles. The fourth-order valence-corrected chi connectivity index (χ4v) is 4.20. The number of amides is 1. The number of rotatable bonds is 5. The topological polar surface area (TPSA) is 23.6 Å². The van der Waals surface area contributed by atoms with E-state index in [-0.39, 0.29) is 11.9 Å². The lowest BCUT2D eigenvalue weighted by molar-refractivity contribution is -0.127. The maximum Gasteiger partial charge on any atom is 0.246 e. The van der Waals surface area contributed by atoms with Gasteiger partial charge in [-0.2, -0.15) is 0 Å². The molecule has 4 heteroatoms. The highest BCUT2D eigenvalue weighted by molar-refractivity contribution is 9.10. The van der Waals surface area contributed by atoms with Gasteiger partial charge in [-0.25, -0.2) is 0 Å². The first kappa shape index (κ1) is 20.6. The largest absolute Gasteiger partial charge is 0.337 e. The van der Waals surface area contributed by atoms with Gasteiger partial charge >= 0.3 is 0 Å². The zero-order chi connectivity index (χ0) is 20.8. The molecule has 0 atom stereocenters. The molecule has 0 aromatic heterocycles. The number of piperazine rings is 1. The quantitative estimate of drug-likeness (QED) is 0.476. The molecule has 1 heterocycles. The van der Waals surface area contributed by atoms with E-state index in [2.05, 4.69) is 81.5 Å². The lowest BCUT2D eigenvalue weighted by Gasteiger charge is -2.39. The summed E-state index contributed by atoms with van der Waals surface area (Å²) >= 11 is 3.43. The Labute approximate surface area is 186 Å². The van der Waals surface area contributed by atoms with Crippen LogP contribution in [0.3, 0.4) is 0 Å². The van der Waals surface area contributed by atoms with Crippen LogP contribution in [0.4, 0.5) is 0 Å². The van der Waals surface area contributed by atoms with Crippen LogP contribution in [-0.4, -0.2) is 41.9 Å². The van der Waals surface area contributed by atoms with Crippen LogP contribution in [0.25, 0.3) is 6.08 Å². The lowest BCUT2D eigenvalue weighted by Crippen LogP contribution is -2.49. The van der Waals surface area contributed by atoms with Crippen molar-refractivity contribution in [3.63, 3.8) is 0 Å². The van der Waals surface area contributed by atoms with Gasteiger partial charge in [0.2, 0.25) is 5.91 Å². The standard InChI is InChI=1S/C26H25BrN2O/c27-24-14-11-21(12-15-24)13-16-25(30)28-17-19-29(20-18-28)26(22-7-3-1-4-8-22)23-9-5-2-6-10-23/h1-16,26H,17-20H2/b16-13-. The molecule has 0 N–H and O–H groups in total. The van der Waals surface area contributed by atoms with E-state index in [9.17, 15) is 4.79 Å². The van der Waals surface area contributed by atoms with Crippen molar-refractivity contribution >= 4 is 27.9 Å². The van der Waals surface area contributed by atoms with Gasteiger partial charge in [-0.15, -0.1) is 0 Å². The molecule has 0 bridgehead atoms. The molecule has 1 aliphatic heterocycles. The highest BCUT2D eigenvalue weighted by atomic mass is 79.9. The second-order valence-corrected chi connectivity index (χ2v) is 8.39. The van der Waals surface area contributed by atoms with Crippen LogP contribution in [0.15, 0.2) is 95.5 Å². The third-order valence-electron chi connectivity index (χ3n) is 5.51. The number of carbonyl (C=O) groups is 1. The normalized spacial score (nSPS) is 15.1. The molecule has 1 amide bonds. The molecule has 3 aromatic rings. The van der Waals surface area contributed by atoms with E-state index >= 15 is 0 Å². The average molecular weight is 461 g/mol. The molecule has 0 unspecified atom stereocenters. The zero-order valence-corrected chi connectivity index (χ0v) is 18.4. The molecule has 152 valence electrons. The molecule has 0 aliphatic carbocycles. The van der Waals surface area contributed by atoms with Crippen molar-refractivity contribution in [2.45, 2.75) is 6.04 Å². The molecule has 0 radical (unpaired) electrons. The van der Waals surface area contributed by atoms with Gasteiger partial charge in [-0.3, -0.25) is 9.69 Å².